The van der Waals surface area contributed by atoms with Gasteiger partial charge in [-0.2, -0.15) is 0 Å². The van der Waals surface area contributed by atoms with Crippen molar-refractivity contribution < 1.29 is 9.59 Å². The van der Waals surface area contributed by atoms with Gasteiger partial charge in [-0.3, -0.25) is 4.79 Å². The Bertz CT molecular complexity index is 759. The van der Waals surface area contributed by atoms with Crippen LogP contribution in [0.2, 0.25) is 5.02 Å². The number of amides is 3. The Kier molecular flexibility index (Phi) is 5.24. The summed E-state index contributed by atoms with van der Waals surface area (Å²) in [6.45, 7) is 3.03. The summed E-state index contributed by atoms with van der Waals surface area (Å²) in [6, 6.07) is 14.5. The van der Waals surface area contributed by atoms with E-state index < -0.39 is 0 Å². The Morgan fingerprint density at radius 2 is 1.84 bits per heavy atom. The van der Waals surface area contributed by atoms with Gasteiger partial charge in [-0.05, 0) is 43.3 Å². The summed E-state index contributed by atoms with van der Waals surface area (Å²) in [5.74, 6) is 0.153. The standard InChI is InChI=1S/C19H20ClN3O2/c1-13-2-6-16(7-3-13)22-19(25)21-11-14-10-18(24)23(12-14)17-8-4-15(20)5-9-17/h2-9,14H,10-12H2,1H3,(H2,21,22,25). The van der Waals surface area contributed by atoms with Gasteiger partial charge in [0.1, 0.15) is 0 Å². The van der Waals surface area contributed by atoms with Crippen molar-refractivity contribution in [1.82, 2.24) is 5.32 Å². The van der Waals surface area contributed by atoms with Gasteiger partial charge >= 0.3 is 6.03 Å². The number of halogens is 1. The van der Waals surface area contributed by atoms with Gasteiger partial charge in [0.25, 0.3) is 0 Å². The third kappa shape index (κ3) is 4.51. The molecule has 1 unspecified atom stereocenters. The van der Waals surface area contributed by atoms with E-state index in [-0.39, 0.29) is 17.9 Å². The number of benzene rings is 2. The van der Waals surface area contributed by atoms with Crippen molar-refractivity contribution in [2.24, 2.45) is 5.92 Å². The van der Waals surface area contributed by atoms with Crippen molar-refractivity contribution >= 4 is 34.9 Å². The Morgan fingerprint density at radius 3 is 2.52 bits per heavy atom. The summed E-state index contributed by atoms with van der Waals surface area (Å²) in [7, 11) is 0. The number of anilines is 2. The van der Waals surface area contributed by atoms with Crippen molar-refractivity contribution in [3.05, 3.63) is 59.1 Å². The number of hydrogen-bond acceptors (Lipinski definition) is 2. The Balaban J connectivity index is 1.50. The van der Waals surface area contributed by atoms with Gasteiger partial charge in [-0.15, -0.1) is 0 Å². The van der Waals surface area contributed by atoms with E-state index in [1.807, 2.05) is 43.3 Å². The molecule has 6 heteroatoms. The van der Waals surface area contributed by atoms with Crippen LogP contribution in [0.5, 0.6) is 0 Å². The molecule has 1 aliphatic rings. The smallest absolute Gasteiger partial charge is 0.319 e. The minimum atomic E-state index is -0.263. The molecule has 2 aromatic carbocycles. The van der Waals surface area contributed by atoms with Crippen LogP contribution in [0.4, 0.5) is 16.2 Å². The van der Waals surface area contributed by atoms with Crippen molar-refractivity contribution in [2.45, 2.75) is 13.3 Å². The fourth-order valence-corrected chi connectivity index (χ4v) is 2.96. The molecule has 1 fully saturated rings. The lowest BCUT2D eigenvalue weighted by molar-refractivity contribution is -0.117. The fourth-order valence-electron chi connectivity index (χ4n) is 2.84. The number of urea groups is 1. The summed E-state index contributed by atoms with van der Waals surface area (Å²) < 4.78 is 0. The number of carbonyl (C=O) groups is 2. The van der Waals surface area contributed by atoms with Gasteiger partial charge in [-0.1, -0.05) is 29.3 Å². The molecule has 3 amide bonds. The van der Waals surface area contributed by atoms with E-state index in [1.54, 1.807) is 17.0 Å². The van der Waals surface area contributed by atoms with Crippen molar-refractivity contribution in [1.29, 1.82) is 0 Å². The molecule has 2 N–H and O–H groups in total. The van der Waals surface area contributed by atoms with Crippen LogP contribution in [-0.2, 0) is 4.79 Å². The van der Waals surface area contributed by atoms with Crippen molar-refractivity contribution in [3.63, 3.8) is 0 Å². The van der Waals surface area contributed by atoms with Crippen LogP contribution in [0.15, 0.2) is 48.5 Å². The molecule has 0 spiro atoms. The largest absolute Gasteiger partial charge is 0.338 e. The molecular weight excluding hydrogens is 338 g/mol. The minimum Gasteiger partial charge on any atom is -0.338 e. The third-order valence-electron chi connectivity index (χ3n) is 4.20. The summed E-state index contributed by atoms with van der Waals surface area (Å²) in [5, 5.41) is 6.27. The van der Waals surface area contributed by atoms with Gasteiger partial charge in [0.05, 0.1) is 0 Å². The van der Waals surface area contributed by atoms with Gasteiger partial charge in [0.15, 0.2) is 0 Å². The second-order valence-electron chi connectivity index (χ2n) is 6.25. The average molecular weight is 358 g/mol. The summed E-state index contributed by atoms with van der Waals surface area (Å²) in [5.41, 5.74) is 2.71. The maximum atomic E-state index is 12.2. The summed E-state index contributed by atoms with van der Waals surface area (Å²) in [4.78, 5) is 25.9. The van der Waals surface area contributed by atoms with Crippen LogP contribution in [0.3, 0.4) is 0 Å². The van der Waals surface area contributed by atoms with Crippen LogP contribution >= 0.6 is 11.6 Å². The Labute approximate surface area is 152 Å². The second kappa shape index (κ2) is 7.57. The molecule has 25 heavy (non-hydrogen) atoms. The first-order valence-electron chi connectivity index (χ1n) is 8.19. The fraction of sp³-hybridized carbons (Fsp3) is 0.263. The van der Waals surface area contributed by atoms with Crippen molar-refractivity contribution in [3.8, 4) is 0 Å². The molecule has 1 saturated heterocycles. The van der Waals surface area contributed by atoms with Crippen LogP contribution in [0.25, 0.3) is 0 Å². The summed E-state index contributed by atoms with van der Waals surface area (Å²) >= 11 is 5.89. The number of carbonyl (C=O) groups excluding carboxylic acids is 2. The topological polar surface area (TPSA) is 61.4 Å². The van der Waals surface area contributed by atoms with E-state index >= 15 is 0 Å². The van der Waals surface area contributed by atoms with E-state index in [0.29, 0.717) is 24.5 Å². The molecule has 0 aliphatic carbocycles. The average Bonchev–Trinajstić information content (AvgIpc) is 2.97. The highest BCUT2D eigenvalue weighted by Crippen LogP contribution is 2.26. The zero-order valence-corrected chi connectivity index (χ0v) is 14.7. The molecular formula is C19H20ClN3O2. The molecule has 1 aliphatic heterocycles. The van der Waals surface area contributed by atoms with Gasteiger partial charge in [0, 0.05) is 41.8 Å². The highest BCUT2D eigenvalue weighted by Gasteiger charge is 2.30. The van der Waals surface area contributed by atoms with E-state index in [9.17, 15) is 9.59 Å². The van der Waals surface area contributed by atoms with Crippen molar-refractivity contribution in [2.75, 3.05) is 23.3 Å². The van der Waals surface area contributed by atoms with E-state index in [4.69, 9.17) is 11.6 Å². The molecule has 0 aromatic heterocycles. The SMILES string of the molecule is Cc1ccc(NC(=O)NCC2CC(=O)N(c3ccc(Cl)cc3)C2)cc1. The Hall–Kier alpha value is -2.53. The highest BCUT2D eigenvalue weighted by atomic mass is 35.5. The highest BCUT2D eigenvalue weighted by molar-refractivity contribution is 6.30. The quantitative estimate of drug-likeness (QED) is 0.873. The first-order chi connectivity index (χ1) is 12.0. The van der Waals surface area contributed by atoms with Crippen LogP contribution in [0.1, 0.15) is 12.0 Å². The number of aryl methyl sites for hydroxylation is 1. The maximum Gasteiger partial charge on any atom is 0.319 e. The molecule has 1 atom stereocenters. The van der Waals surface area contributed by atoms with Gasteiger partial charge in [-0.25, -0.2) is 4.79 Å². The van der Waals surface area contributed by atoms with E-state index in [0.717, 1.165) is 16.9 Å². The lowest BCUT2D eigenvalue weighted by atomic mass is 10.1. The van der Waals surface area contributed by atoms with E-state index in [2.05, 4.69) is 10.6 Å². The number of nitrogens with zero attached hydrogens (tertiary/aromatic N) is 1. The zero-order chi connectivity index (χ0) is 17.8. The first kappa shape index (κ1) is 17.3. The second-order valence-corrected chi connectivity index (χ2v) is 6.69. The number of rotatable bonds is 4. The van der Waals surface area contributed by atoms with Crippen LogP contribution < -0.4 is 15.5 Å². The lowest BCUT2D eigenvalue weighted by Gasteiger charge is -2.17. The molecule has 5 nitrogen and oxygen atoms in total. The molecule has 0 radical (unpaired) electrons. The zero-order valence-electron chi connectivity index (χ0n) is 14.0. The van der Waals surface area contributed by atoms with Crippen LogP contribution in [0, 0.1) is 12.8 Å². The predicted molar refractivity (Wildman–Crippen MR) is 100 cm³/mol. The first-order valence-corrected chi connectivity index (χ1v) is 8.56. The normalized spacial score (nSPS) is 16.8. The van der Waals surface area contributed by atoms with Gasteiger partial charge in [0.2, 0.25) is 5.91 Å². The molecule has 130 valence electrons. The predicted octanol–water partition coefficient (Wildman–Crippen LogP) is 3.82. The summed E-state index contributed by atoms with van der Waals surface area (Å²) in [6.07, 6.45) is 0.424. The Morgan fingerprint density at radius 1 is 1.16 bits per heavy atom. The molecule has 3 rings (SSSR count). The molecule has 1 heterocycles. The minimum absolute atomic E-state index is 0.0630. The van der Waals surface area contributed by atoms with Crippen LogP contribution in [-0.4, -0.2) is 25.0 Å². The lowest BCUT2D eigenvalue weighted by Crippen LogP contribution is -2.34. The molecule has 0 saturated carbocycles. The maximum absolute atomic E-state index is 12.2. The van der Waals surface area contributed by atoms with Gasteiger partial charge < -0.3 is 15.5 Å². The molecule has 2 aromatic rings. The molecule has 0 bridgehead atoms. The monoisotopic (exact) mass is 357 g/mol. The number of nitrogens with one attached hydrogen (secondary N) is 2. The number of hydrogen-bond donors (Lipinski definition) is 2. The van der Waals surface area contributed by atoms with E-state index in [1.165, 1.54) is 0 Å². The third-order valence-corrected chi connectivity index (χ3v) is 4.46.